The van der Waals surface area contributed by atoms with Crippen LogP contribution in [0, 0.1) is 0 Å². The number of benzene rings is 1. The van der Waals surface area contributed by atoms with Crippen molar-refractivity contribution in [1.82, 2.24) is 5.32 Å². The van der Waals surface area contributed by atoms with Crippen LogP contribution in [0.1, 0.15) is 51.8 Å². The van der Waals surface area contributed by atoms with Crippen molar-refractivity contribution in [2.45, 2.75) is 51.7 Å². The Bertz CT molecular complexity index is 390. The lowest BCUT2D eigenvalue weighted by Crippen LogP contribution is -2.44. The highest BCUT2D eigenvalue weighted by atomic mass is 16.3. The van der Waals surface area contributed by atoms with Gasteiger partial charge >= 0.3 is 0 Å². The standard InChI is InChI=1S/C16H27NO2/c1-15(2,3)13-8-6-12(7-9-13)14(19)10-17-16(4,5)11-18/h6-9,14,17-19H,10-11H2,1-5H3. The highest BCUT2D eigenvalue weighted by Gasteiger charge is 2.18. The Morgan fingerprint density at radius 2 is 1.58 bits per heavy atom. The average molecular weight is 265 g/mol. The van der Waals surface area contributed by atoms with Gasteiger partial charge in [-0.15, -0.1) is 0 Å². The Morgan fingerprint density at radius 1 is 1.05 bits per heavy atom. The summed E-state index contributed by atoms with van der Waals surface area (Å²) in [4.78, 5) is 0. The fraction of sp³-hybridized carbons (Fsp3) is 0.625. The van der Waals surface area contributed by atoms with Crippen molar-refractivity contribution in [3.8, 4) is 0 Å². The highest BCUT2D eigenvalue weighted by Crippen LogP contribution is 2.23. The second-order valence-electron chi connectivity index (χ2n) is 6.81. The Labute approximate surface area is 116 Å². The molecule has 0 aliphatic carbocycles. The van der Waals surface area contributed by atoms with Gasteiger partial charge in [-0.2, -0.15) is 0 Å². The lowest BCUT2D eigenvalue weighted by molar-refractivity contribution is 0.136. The van der Waals surface area contributed by atoms with Crippen LogP contribution in [0.15, 0.2) is 24.3 Å². The van der Waals surface area contributed by atoms with Crippen LogP contribution in [0.25, 0.3) is 0 Å². The van der Waals surface area contributed by atoms with Crippen LogP contribution in [0.5, 0.6) is 0 Å². The molecule has 0 saturated heterocycles. The summed E-state index contributed by atoms with van der Waals surface area (Å²) in [6.45, 7) is 10.8. The van der Waals surface area contributed by atoms with Crippen LogP contribution in [-0.2, 0) is 5.41 Å². The van der Waals surface area contributed by atoms with E-state index in [0.717, 1.165) is 5.56 Å². The lowest BCUT2D eigenvalue weighted by Gasteiger charge is -2.26. The molecule has 0 fully saturated rings. The molecule has 0 aliphatic rings. The molecule has 3 nitrogen and oxygen atoms in total. The molecule has 0 aliphatic heterocycles. The minimum Gasteiger partial charge on any atom is -0.394 e. The number of hydrogen-bond acceptors (Lipinski definition) is 3. The van der Waals surface area contributed by atoms with E-state index >= 15 is 0 Å². The molecular weight excluding hydrogens is 238 g/mol. The molecule has 1 rings (SSSR count). The van der Waals surface area contributed by atoms with Gasteiger partial charge in [-0.25, -0.2) is 0 Å². The van der Waals surface area contributed by atoms with Gasteiger partial charge in [0.2, 0.25) is 0 Å². The van der Waals surface area contributed by atoms with Gasteiger partial charge in [0, 0.05) is 12.1 Å². The first kappa shape index (κ1) is 16.2. The monoisotopic (exact) mass is 265 g/mol. The van der Waals surface area contributed by atoms with E-state index in [2.05, 4.69) is 38.2 Å². The van der Waals surface area contributed by atoms with E-state index in [1.807, 2.05) is 26.0 Å². The maximum absolute atomic E-state index is 10.1. The van der Waals surface area contributed by atoms with Crippen molar-refractivity contribution >= 4 is 0 Å². The van der Waals surface area contributed by atoms with E-state index in [4.69, 9.17) is 5.11 Å². The smallest absolute Gasteiger partial charge is 0.0914 e. The summed E-state index contributed by atoms with van der Waals surface area (Å²) >= 11 is 0. The van der Waals surface area contributed by atoms with E-state index < -0.39 is 6.10 Å². The molecule has 108 valence electrons. The summed E-state index contributed by atoms with van der Waals surface area (Å²) in [5, 5.41) is 22.4. The minimum absolute atomic E-state index is 0.0443. The molecule has 0 bridgehead atoms. The Morgan fingerprint density at radius 3 is 2.00 bits per heavy atom. The first-order valence-electron chi connectivity index (χ1n) is 6.80. The van der Waals surface area contributed by atoms with Gasteiger partial charge < -0.3 is 15.5 Å². The van der Waals surface area contributed by atoms with Gasteiger partial charge in [0.15, 0.2) is 0 Å². The van der Waals surface area contributed by atoms with Crippen LogP contribution >= 0.6 is 0 Å². The topological polar surface area (TPSA) is 52.5 Å². The number of hydrogen-bond donors (Lipinski definition) is 3. The van der Waals surface area contributed by atoms with Gasteiger partial charge in [0.05, 0.1) is 12.7 Å². The zero-order valence-corrected chi connectivity index (χ0v) is 12.7. The van der Waals surface area contributed by atoms with Crippen molar-refractivity contribution in [2.75, 3.05) is 13.2 Å². The second kappa shape index (κ2) is 6.04. The van der Waals surface area contributed by atoms with E-state index in [9.17, 15) is 5.11 Å². The summed E-state index contributed by atoms with van der Waals surface area (Å²) in [5.74, 6) is 0. The molecule has 0 radical (unpaired) electrons. The maximum atomic E-state index is 10.1. The minimum atomic E-state index is -0.556. The third-order valence-corrected chi connectivity index (χ3v) is 3.33. The number of aliphatic hydroxyl groups excluding tert-OH is 2. The SMILES string of the molecule is CC(C)(CO)NCC(O)c1ccc(C(C)(C)C)cc1. The lowest BCUT2D eigenvalue weighted by atomic mass is 9.86. The molecule has 3 N–H and O–H groups in total. The largest absolute Gasteiger partial charge is 0.394 e. The maximum Gasteiger partial charge on any atom is 0.0914 e. The van der Waals surface area contributed by atoms with Crippen molar-refractivity contribution in [2.24, 2.45) is 0 Å². The van der Waals surface area contributed by atoms with Gasteiger partial charge in [-0.1, -0.05) is 45.0 Å². The zero-order chi connectivity index (χ0) is 14.7. The van der Waals surface area contributed by atoms with Crippen molar-refractivity contribution in [3.05, 3.63) is 35.4 Å². The molecular formula is C16H27NO2. The third kappa shape index (κ3) is 4.94. The molecule has 1 unspecified atom stereocenters. The van der Waals surface area contributed by atoms with Gasteiger partial charge in [-0.3, -0.25) is 0 Å². The first-order chi connectivity index (χ1) is 8.65. The Hall–Kier alpha value is -0.900. The number of nitrogens with one attached hydrogen (secondary N) is 1. The summed E-state index contributed by atoms with van der Waals surface area (Å²) in [7, 11) is 0. The predicted octanol–water partition coefficient (Wildman–Crippen LogP) is 2.38. The quantitative estimate of drug-likeness (QED) is 0.766. The third-order valence-electron chi connectivity index (χ3n) is 3.33. The van der Waals surface area contributed by atoms with E-state index in [1.165, 1.54) is 5.56 Å². The molecule has 3 heteroatoms. The number of rotatable bonds is 5. The molecule has 0 heterocycles. The molecule has 0 amide bonds. The van der Waals surface area contributed by atoms with Gasteiger partial charge in [-0.05, 0) is 30.4 Å². The Kier molecular flexibility index (Phi) is 5.13. The number of aliphatic hydroxyl groups is 2. The molecule has 19 heavy (non-hydrogen) atoms. The molecule has 0 aromatic heterocycles. The van der Waals surface area contributed by atoms with Crippen molar-refractivity contribution in [3.63, 3.8) is 0 Å². The molecule has 1 aromatic rings. The van der Waals surface area contributed by atoms with E-state index in [1.54, 1.807) is 0 Å². The Balaban J connectivity index is 2.66. The summed E-state index contributed by atoms with van der Waals surface area (Å²) in [6, 6.07) is 8.07. The van der Waals surface area contributed by atoms with Crippen molar-refractivity contribution in [1.29, 1.82) is 0 Å². The van der Waals surface area contributed by atoms with Crippen molar-refractivity contribution < 1.29 is 10.2 Å². The van der Waals surface area contributed by atoms with Crippen LogP contribution < -0.4 is 5.32 Å². The fourth-order valence-corrected chi connectivity index (χ4v) is 1.75. The van der Waals surface area contributed by atoms with Crippen LogP contribution in [0.3, 0.4) is 0 Å². The average Bonchev–Trinajstić information content (AvgIpc) is 2.35. The summed E-state index contributed by atoms with van der Waals surface area (Å²) < 4.78 is 0. The summed E-state index contributed by atoms with van der Waals surface area (Å²) in [5.41, 5.74) is 1.91. The normalized spacial score (nSPS) is 14.5. The predicted molar refractivity (Wildman–Crippen MR) is 79.3 cm³/mol. The number of β-amino-alcohol motifs (C(OH)–C–C–N with tert-alkyl or cyclic N) is 1. The molecule has 1 atom stereocenters. The fourth-order valence-electron chi connectivity index (χ4n) is 1.75. The highest BCUT2D eigenvalue weighted by molar-refractivity contribution is 5.28. The molecule has 0 saturated carbocycles. The molecule has 1 aromatic carbocycles. The van der Waals surface area contributed by atoms with Gasteiger partial charge in [0.1, 0.15) is 0 Å². The van der Waals surface area contributed by atoms with Crippen LogP contribution in [-0.4, -0.2) is 28.9 Å². The van der Waals surface area contributed by atoms with Crippen LogP contribution in [0.2, 0.25) is 0 Å². The van der Waals surface area contributed by atoms with Gasteiger partial charge in [0.25, 0.3) is 0 Å². The van der Waals surface area contributed by atoms with E-state index in [0.29, 0.717) is 6.54 Å². The molecule has 0 spiro atoms. The van der Waals surface area contributed by atoms with E-state index in [-0.39, 0.29) is 17.6 Å². The second-order valence-corrected chi connectivity index (χ2v) is 6.81. The zero-order valence-electron chi connectivity index (χ0n) is 12.7. The van der Waals surface area contributed by atoms with Crippen LogP contribution in [0.4, 0.5) is 0 Å². The summed E-state index contributed by atoms with van der Waals surface area (Å²) in [6.07, 6.45) is -0.556. The first-order valence-corrected chi connectivity index (χ1v) is 6.80.